The van der Waals surface area contributed by atoms with Crippen LogP contribution in [0.3, 0.4) is 0 Å². The summed E-state index contributed by atoms with van der Waals surface area (Å²) in [5.74, 6) is -0.825. The molecule has 2 aromatic carbocycles. The molecule has 242 valence electrons. The smallest absolute Gasteiger partial charge is 0.341 e. The molecule has 1 fully saturated rings. The lowest BCUT2D eigenvalue weighted by Gasteiger charge is -2.15. The minimum Gasteiger partial charge on any atom is -0.490 e. The number of aryl methyl sites for hydroxylation is 1. The Morgan fingerprint density at radius 3 is 2.59 bits per heavy atom. The van der Waals surface area contributed by atoms with Crippen LogP contribution in [0.25, 0.3) is 6.08 Å². The Kier molecular flexibility index (Phi) is 11.4. The van der Waals surface area contributed by atoms with Crippen LogP contribution in [-0.4, -0.2) is 47.7 Å². The highest BCUT2D eigenvalue weighted by molar-refractivity contribution is 9.10. The Morgan fingerprint density at radius 1 is 1.07 bits per heavy atom. The van der Waals surface area contributed by atoms with Gasteiger partial charge in [0.2, 0.25) is 5.91 Å². The predicted molar refractivity (Wildman–Crippen MR) is 184 cm³/mol. The molecule has 0 bridgehead atoms. The summed E-state index contributed by atoms with van der Waals surface area (Å²) >= 11 is 17.9. The van der Waals surface area contributed by atoms with Crippen molar-refractivity contribution in [2.24, 2.45) is 0 Å². The van der Waals surface area contributed by atoms with Crippen molar-refractivity contribution in [3.05, 3.63) is 76.9 Å². The predicted octanol–water partition coefficient (Wildman–Crippen LogP) is 8.53. The van der Waals surface area contributed by atoms with E-state index in [2.05, 4.69) is 21.2 Å². The van der Waals surface area contributed by atoms with Crippen molar-refractivity contribution < 1.29 is 33.4 Å². The second-order valence-corrected chi connectivity index (χ2v) is 14.0. The molecule has 1 aromatic heterocycles. The number of carbonyl (C=O) groups is 4. The monoisotopic (exact) mass is 766 g/mol. The van der Waals surface area contributed by atoms with Gasteiger partial charge in [0.15, 0.2) is 11.5 Å². The van der Waals surface area contributed by atoms with E-state index in [0.29, 0.717) is 48.8 Å². The molecule has 1 N–H and O–H groups in total. The molecule has 3 amide bonds. The van der Waals surface area contributed by atoms with Crippen LogP contribution in [0.5, 0.6) is 11.5 Å². The van der Waals surface area contributed by atoms with Gasteiger partial charge in [0, 0.05) is 20.5 Å². The van der Waals surface area contributed by atoms with Gasteiger partial charge in [0.1, 0.15) is 18.2 Å². The SMILES string of the molecule is CCOC(=O)c1c(NC(=O)CN2C(=O)S/C(=C/c3cc(Br)c(OCc4ccc(Cl)cc4Cl)c(OCC)c3)C2=O)sc2c1CCCC2. The lowest BCUT2D eigenvalue weighted by molar-refractivity contribution is -0.127. The number of rotatable bonds is 11. The number of thiophene rings is 1. The van der Waals surface area contributed by atoms with Crippen LogP contribution < -0.4 is 14.8 Å². The zero-order valence-electron chi connectivity index (χ0n) is 24.9. The number of thioether (sulfide) groups is 1. The van der Waals surface area contributed by atoms with Crippen LogP contribution in [0.1, 0.15) is 58.6 Å². The standard InChI is InChI=1S/C32H29BrCl2N2O7S2/c1-3-42-23-12-17(11-21(33)28(23)44-16-18-9-10-19(34)14-22(18)35)13-25-30(39)37(32(41)46-25)15-26(38)36-29-27(31(40)43-4-2)20-7-5-6-8-24(20)45-29/h9-14H,3-8,15-16H2,1-2H3,(H,36,38)/b25-13+. The summed E-state index contributed by atoms with van der Waals surface area (Å²) in [6, 6.07) is 8.56. The van der Waals surface area contributed by atoms with Crippen LogP contribution in [-0.2, 0) is 33.8 Å². The number of amides is 3. The summed E-state index contributed by atoms with van der Waals surface area (Å²) in [5.41, 5.74) is 2.58. The summed E-state index contributed by atoms with van der Waals surface area (Å²) in [5, 5.41) is 3.55. The van der Waals surface area contributed by atoms with Crippen molar-refractivity contribution in [2.75, 3.05) is 25.1 Å². The number of imide groups is 1. The number of hydrogen-bond donors (Lipinski definition) is 1. The molecule has 14 heteroatoms. The molecule has 1 saturated heterocycles. The number of halogens is 3. The minimum atomic E-state index is -0.604. The molecular formula is C32H29BrCl2N2O7S2. The first kappa shape index (κ1) is 34.3. The first-order valence-electron chi connectivity index (χ1n) is 14.5. The normalized spacial score (nSPS) is 15.2. The molecule has 0 spiro atoms. The first-order valence-corrected chi connectivity index (χ1v) is 17.7. The zero-order chi connectivity index (χ0) is 33.0. The van der Waals surface area contributed by atoms with Crippen molar-refractivity contribution >= 4 is 96.3 Å². The fourth-order valence-electron chi connectivity index (χ4n) is 5.03. The van der Waals surface area contributed by atoms with Crippen molar-refractivity contribution in [2.45, 2.75) is 46.1 Å². The Labute approximate surface area is 292 Å². The number of ether oxygens (including phenoxy) is 3. The summed E-state index contributed by atoms with van der Waals surface area (Å²) in [6.45, 7) is 3.77. The number of nitrogens with one attached hydrogen (secondary N) is 1. The highest BCUT2D eigenvalue weighted by atomic mass is 79.9. The molecular weight excluding hydrogens is 739 g/mol. The van der Waals surface area contributed by atoms with Crippen molar-refractivity contribution in [1.29, 1.82) is 0 Å². The van der Waals surface area contributed by atoms with Gasteiger partial charge in [-0.15, -0.1) is 11.3 Å². The van der Waals surface area contributed by atoms with E-state index in [9.17, 15) is 19.2 Å². The molecule has 1 aliphatic heterocycles. The van der Waals surface area contributed by atoms with Gasteiger partial charge in [-0.25, -0.2) is 4.79 Å². The molecule has 2 heterocycles. The molecule has 46 heavy (non-hydrogen) atoms. The summed E-state index contributed by atoms with van der Waals surface area (Å²) in [7, 11) is 0. The number of esters is 1. The van der Waals surface area contributed by atoms with Crippen LogP contribution in [0.4, 0.5) is 9.80 Å². The maximum Gasteiger partial charge on any atom is 0.341 e. The number of hydrogen-bond acceptors (Lipinski definition) is 9. The molecule has 0 unspecified atom stereocenters. The average molecular weight is 769 g/mol. The number of carbonyl (C=O) groups excluding carboxylic acids is 4. The second-order valence-electron chi connectivity index (χ2n) is 10.2. The third kappa shape index (κ3) is 7.74. The van der Waals surface area contributed by atoms with E-state index >= 15 is 0 Å². The van der Waals surface area contributed by atoms with Crippen molar-refractivity contribution in [1.82, 2.24) is 4.90 Å². The molecule has 1 aliphatic carbocycles. The van der Waals surface area contributed by atoms with Gasteiger partial charge in [0.05, 0.1) is 28.2 Å². The van der Waals surface area contributed by atoms with Gasteiger partial charge in [-0.3, -0.25) is 19.3 Å². The Bertz CT molecular complexity index is 1740. The van der Waals surface area contributed by atoms with Crippen LogP contribution >= 0.6 is 62.2 Å². The lowest BCUT2D eigenvalue weighted by atomic mass is 9.95. The summed E-state index contributed by atoms with van der Waals surface area (Å²) < 4.78 is 17.7. The number of fused-ring (bicyclic) bond motifs is 1. The zero-order valence-corrected chi connectivity index (χ0v) is 29.6. The van der Waals surface area contributed by atoms with E-state index in [1.54, 1.807) is 43.3 Å². The van der Waals surface area contributed by atoms with Crippen LogP contribution in [0.2, 0.25) is 10.0 Å². The minimum absolute atomic E-state index is 0.146. The van der Waals surface area contributed by atoms with Crippen molar-refractivity contribution in [3.8, 4) is 11.5 Å². The Morgan fingerprint density at radius 2 is 1.85 bits per heavy atom. The van der Waals surface area contributed by atoms with Crippen molar-refractivity contribution in [3.63, 3.8) is 0 Å². The van der Waals surface area contributed by atoms with Crippen LogP contribution in [0, 0.1) is 0 Å². The van der Waals surface area contributed by atoms with Gasteiger partial charge in [-0.2, -0.15) is 0 Å². The van der Waals surface area contributed by atoms with Crippen LogP contribution in [0.15, 0.2) is 39.7 Å². The third-order valence-electron chi connectivity index (χ3n) is 7.10. The number of benzene rings is 2. The number of anilines is 1. The molecule has 2 aliphatic rings. The van der Waals surface area contributed by atoms with Gasteiger partial charge >= 0.3 is 5.97 Å². The first-order chi connectivity index (χ1) is 22.1. The Hall–Kier alpha value is -3.03. The molecule has 5 rings (SSSR count). The quantitative estimate of drug-likeness (QED) is 0.153. The second kappa shape index (κ2) is 15.2. The van der Waals surface area contributed by atoms with E-state index < -0.39 is 29.6 Å². The third-order valence-corrected chi connectivity index (χ3v) is 10.4. The van der Waals surface area contributed by atoms with Gasteiger partial charge in [0.25, 0.3) is 11.1 Å². The topological polar surface area (TPSA) is 111 Å². The molecule has 3 aromatic rings. The van der Waals surface area contributed by atoms with E-state index in [-0.39, 0.29) is 18.1 Å². The highest BCUT2D eigenvalue weighted by Crippen LogP contribution is 2.41. The maximum absolute atomic E-state index is 13.3. The molecule has 9 nitrogen and oxygen atoms in total. The Balaban J connectivity index is 1.31. The summed E-state index contributed by atoms with van der Waals surface area (Å²) in [4.78, 5) is 54.1. The lowest BCUT2D eigenvalue weighted by Crippen LogP contribution is -2.36. The van der Waals surface area contributed by atoms with E-state index in [1.807, 2.05) is 6.92 Å². The maximum atomic E-state index is 13.3. The van der Waals surface area contributed by atoms with E-state index in [0.717, 1.165) is 58.3 Å². The largest absolute Gasteiger partial charge is 0.490 e. The molecule has 0 atom stereocenters. The van der Waals surface area contributed by atoms with Gasteiger partial charge in [-0.05, 0) is 109 Å². The molecule has 0 radical (unpaired) electrons. The highest BCUT2D eigenvalue weighted by Gasteiger charge is 2.37. The fourth-order valence-corrected chi connectivity index (χ4v) is 8.20. The van der Waals surface area contributed by atoms with Gasteiger partial charge in [-0.1, -0.05) is 29.3 Å². The average Bonchev–Trinajstić information content (AvgIpc) is 3.49. The van der Waals surface area contributed by atoms with Gasteiger partial charge < -0.3 is 19.5 Å². The summed E-state index contributed by atoms with van der Waals surface area (Å²) in [6.07, 6.45) is 5.06. The molecule has 0 saturated carbocycles. The number of nitrogens with zero attached hydrogens (tertiary/aromatic N) is 1. The van der Waals surface area contributed by atoms with E-state index in [1.165, 1.54) is 11.3 Å². The van der Waals surface area contributed by atoms with E-state index in [4.69, 9.17) is 37.4 Å². The fraction of sp³-hybridized carbons (Fsp3) is 0.312.